The van der Waals surface area contributed by atoms with Crippen LogP contribution in [0.2, 0.25) is 5.02 Å². The highest BCUT2D eigenvalue weighted by atomic mass is 35.5. The molecule has 1 heterocycles. The lowest BCUT2D eigenvalue weighted by Crippen LogP contribution is -2.36. The second-order valence-corrected chi connectivity index (χ2v) is 7.79. The Morgan fingerprint density at radius 1 is 1.39 bits per heavy atom. The van der Waals surface area contributed by atoms with Gasteiger partial charge in [0.05, 0.1) is 23.3 Å². The molecule has 0 saturated carbocycles. The van der Waals surface area contributed by atoms with E-state index in [2.05, 4.69) is 36.4 Å². The Balaban J connectivity index is 1.86. The molecule has 124 valence electrons. The van der Waals surface area contributed by atoms with Crippen molar-refractivity contribution >= 4 is 29.0 Å². The zero-order valence-corrected chi connectivity index (χ0v) is 15.4. The van der Waals surface area contributed by atoms with Crippen LogP contribution in [-0.4, -0.2) is 11.0 Å². The maximum Gasteiger partial charge on any atom is 0.315 e. The molecule has 0 saturated heterocycles. The monoisotopic (exact) mass is 351 g/mol. The summed E-state index contributed by atoms with van der Waals surface area (Å²) in [6, 6.07) is 7.14. The average molecular weight is 352 g/mol. The number of amides is 2. The van der Waals surface area contributed by atoms with E-state index >= 15 is 0 Å². The molecule has 0 spiro atoms. The summed E-state index contributed by atoms with van der Waals surface area (Å²) in [5.41, 5.74) is 1.88. The molecule has 1 atom stereocenters. The maximum absolute atomic E-state index is 12.0. The van der Waals surface area contributed by atoms with E-state index < -0.39 is 0 Å². The minimum Gasteiger partial charge on any atom is -0.332 e. The number of aromatic nitrogens is 1. The van der Waals surface area contributed by atoms with Crippen molar-refractivity contribution < 1.29 is 4.79 Å². The number of urea groups is 1. The topological polar surface area (TPSA) is 54.0 Å². The first-order valence-electron chi connectivity index (χ1n) is 7.50. The molecule has 0 aliphatic heterocycles. The van der Waals surface area contributed by atoms with Gasteiger partial charge in [-0.15, -0.1) is 11.3 Å². The van der Waals surface area contributed by atoms with Gasteiger partial charge in [0, 0.05) is 15.8 Å². The van der Waals surface area contributed by atoms with Crippen molar-refractivity contribution in [3.63, 3.8) is 0 Å². The van der Waals surface area contributed by atoms with Crippen molar-refractivity contribution in [2.24, 2.45) is 0 Å². The van der Waals surface area contributed by atoms with Gasteiger partial charge < -0.3 is 10.6 Å². The number of hydrogen-bond acceptors (Lipinski definition) is 3. The molecule has 1 unspecified atom stereocenters. The normalized spacial score (nSPS) is 12.7. The molecule has 2 amide bonds. The zero-order valence-electron chi connectivity index (χ0n) is 13.8. The van der Waals surface area contributed by atoms with E-state index in [1.54, 1.807) is 11.3 Å². The summed E-state index contributed by atoms with van der Waals surface area (Å²) in [4.78, 5) is 16.6. The van der Waals surface area contributed by atoms with Gasteiger partial charge in [0.25, 0.3) is 0 Å². The highest BCUT2D eigenvalue weighted by Gasteiger charge is 2.18. The predicted molar refractivity (Wildman–Crippen MR) is 96.1 cm³/mol. The fraction of sp³-hybridized carbons (Fsp3) is 0.412. The van der Waals surface area contributed by atoms with Crippen LogP contribution in [0, 0.1) is 0 Å². The van der Waals surface area contributed by atoms with Crippen molar-refractivity contribution in [1.82, 2.24) is 15.6 Å². The van der Waals surface area contributed by atoms with E-state index in [-0.39, 0.29) is 17.5 Å². The minimum atomic E-state index is -0.220. The minimum absolute atomic E-state index is 0.0340. The molecule has 2 aromatic rings. The van der Waals surface area contributed by atoms with Gasteiger partial charge in [-0.3, -0.25) is 0 Å². The Bertz CT molecular complexity index is 678. The Hall–Kier alpha value is -1.59. The van der Waals surface area contributed by atoms with E-state index in [1.165, 1.54) is 0 Å². The Morgan fingerprint density at radius 3 is 2.74 bits per heavy atom. The van der Waals surface area contributed by atoms with Gasteiger partial charge >= 0.3 is 6.03 Å². The fourth-order valence-corrected chi connectivity index (χ4v) is 3.12. The highest BCUT2D eigenvalue weighted by molar-refractivity contribution is 7.09. The number of thiazole rings is 1. The molecule has 0 aliphatic carbocycles. The van der Waals surface area contributed by atoms with E-state index in [0.717, 1.165) is 16.3 Å². The first kappa shape index (κ1) is 17.8. The largest absolute Gasteiger partial charge is 0.332 e. The van der Waals surface area contributed by atoms with Crippen molar-refractivity contribution in [1.29, 1.82) is 0 Å². The maximum atomic E-state index is 12.0. The molecule has 0 fully saturated rings. The van der Waals surface area contributed by atoms with Crippen molar-refractivity contribution in [2.45, 2.75) is 45.7 Å². The number of rotatable bonds is 4. The second-order valence-electron chi connectivity index (χ2n) is 6.50. The summed E-state index contributed by atoms with van der Waals surface area (Å²) in [5.74, 6) is 0. The van der Waals surface area contributed by atoms with Gasteiger partial charge in [0.1, 0.15) is 0 Å². The molecule has 4 nitrogen and oxygen atoms in total. The standard InChI is InChI=1S/C17H22ClN3OS/c1-11(12-6-5-7-13(18)8-12)20-16(22)19-9-14-10-23-15(21-14)17(2,3)4/h5-8,10-11H,9H2,1-4H3,(H2,19,20,22). The van der Waals surface area contributed by atoms with E-state index in [0.29, 0.717) is 11.6 Å². The Morgan fingerprint density at radius 2 is 2.13 bits per heavy atom. The van der Waals surface area contributed by atoms with Crippen LogP contribution in [0.15, 0.2) is 29.6 Å². The molecule has 6 heteroatoms. The van der Waals surface area contributed by atoms with Gasteiger partial charge in [-0.2, -0.15) is 0 Å². The summed E-state index contributed by atoms with van der Waals surface area (Å²) in [5, 5.41) is 9.46. The molecule has 2 N–H and O–H groups in total. The molecular formula is C17H22ClN3OS. The average Bonchev–Trinajstić information content (AvgIpc) is 2.94. The summed E-state index contributed by atoms with van der Waals surface area (Å²) in [7, 11) is 0. The number of nitrogens with one attached hydrogen (secondary N) is 2. The van der Waals surface area contributed by atoms with Crippen LogP contribution in [0.4, 0.5) is 4.79 Å². The number of benzene rings is 1. The molecule has 23 heavy (non-hydrogen) atoms. The number of halogens is 1. The zero-order chi connectivity index (χ0) is 17.0. The Labute approximate surface area is 146 Å². The Kier molecular flexibility index (Phi) is 5.65. The summed E-state index contributed by atoms with van der Waals surface area (Å²) in [6.07, 6.45) is 0. The lowest BCUT2D eigenvalue weighted by atomic mass is 9.98. The molecule has 2 rings (SSSR count). The van der Waals surface area contributed by atoms with E-state index in [9.17, 15) is 4.79 Å². The number of hydrogen-bond donors (Lipinski definition) is 2. The first-order chi connectivity index (χ1) is 10.8. The third-order valence-electron chi connectivity index (χ3n) is 3.32. The van der Waals surface area contributed by atoms with Crippen LogP contribution >= 0.6 is 22.9 Å². The van der Waals surface area contributed by atoms with Crippen LogP contribution in [0.5, 0.6) is 0 Å². The van der Waals surface area contributed by atoms with Crippen LogP contribution in [0.25, 0.3) is 0 Å². The second kappa shape index (κ2) is 7.32. The molecule has 0 aliphatic rings. The van der Waals surface area contributed by atoms with Crippen molar-refractivity contribution in [2.75, 3.05) is 0 Å². The lowest BCUT2D eigenvalue weighted by molar-refractivity contribution is 0.237. The van der Waals surface area contributed by atoms with Crippen LogP contribution < -0.4 is 10.6 Å². The van der Waals surface area contributed by atoms with Gasteiger partial charge in [-0.05, 0) is 24.6 Å². The fourth-order valence-electron chi connectivity index (χ4n) is 2.01. The van der Waals surface area contributed by atoms with Crippen molar-refractivity contribution in [3.8, 4) is 0 Å². The summed E-state index contributed by atoms with van der Waals surface area (Å²) >= 11 is 7.59. The van der Waals surface area contributed by atoms with Crippen LogP contribution in [0.1, 0.15) is 50.0 Å². The quantitative estimate of drug-likeness (QED) is 0.842. The van der Waals surface area contributed by atoms with E-state index in [4.69, 9.17) is 11.6 Å². The SMILES string of the molecule is CC(NC(=O)NCc1csc(C(C)(C)C)n1)c1cccc(Cl)c1. The number of nitrogens with zero attached hydrogens (tertiary/aromatic N) is 1. The summed E-state index contributed by atoms with van der Waals surface area (Å²) in [6.45, 7) is 8.72. The molecular weight excluding hydrogens is 330 g/mol. The van der Waals surface area contributed by atoms with Gasteiger partial charge in [-0.25, -0.2) is 9.78 Å². The summed E-state index contributed by atoms with van der Waals surface area (Å²) < 4.78 is 0. The molecule has 0 bridgehead atoms. The van der Waals surface area contributed by atoms with Crippen LogP contribution in [-0.2, 0) is 12.0 Å². The third kappa shape index (κ3) is 5.22. The van der Waals surface area contributed by atoms with Crippen LogP contribution in [0.3, 0.4) is 0 Å². The molecule has 1 aromatic heterocycles. The predicted octanol–water partition coefficient (Wildman–Crippen LogP) is 4.65. The molecule has 1 aromatic carbocycles. The first-order valence-corrected chi connectivity index (χ1v) is 8.76. The smallest absolute Gasteiger partial charge is 0.315 e. The van der Waals surface area contributed by atoms with Gasteiger partial charge in [0.15, 0.2) is 0 Å². The lowest BCUT2D eigenvalue weighted by Gasteiger charge is -2.15. The van der Waals surface area contributed by atoms with E-state index in [1.807, 2.05) is 36.6 Å². The third-order valence-corrected chi connectivity index (χ3v) is 4.87. The van der Waals surface area contributed by atoms with Gasteiger partial charge in [-0.1, -0.05) is 44.5 Å². The van der Waals surface area contributed by atoms with Crippen molar-refractivity contribution in [3.05, 3.63) is 50.9 Å². The highest BCUT2D eigenvalue weighted by Crippen LogP contribution is 2.25. The molecule has 0 radical (unpaired) electrons. The number of carbonyl (C=O) groups excluding carboxylic acids is 1. The number of carbonyl (C=O) groups is 1. The van der Waals surface area contributed by atoms with Gasteiger partial charge in [0.2, 0.25) is 0 Å².